The summed E-state index contributed by atoms with van der Waals surface area (Å²) in [5, 5.41) is 3.26. The van der Waals surface area contributed by atoms with Crippen molar-refractivity contribution in [3.05, 3.63) is 36.0 Å². The van der Waals surface area contributed by atoms with Crippen molar-refractivity contribution in [2.24, 2.45) is 0 Å². The van der Waals surface area contributed by atoms with Gasteiger partial charge in [-0.25, -0.2) is 0 Å². The van der Waals surface area contributed by atoms with E-state index < -0.39 is 0 Å². The summed E-state index contributed by atoms with van der Waals surface area (Å²) < 4.78 is 0. The van der Waals surface area contributed by atoms with Crippen LogP contribution in [0.25, 0.3) is 0 Å². The van der Waals surface area contributed by atoms with E-state index in [9.17, 15) is 0 Å². The molecule has 0 aliphatic rings. The molecule has 0 radical (unpaired) electrons. The predicted octanol–water partition coefficient (Wildman–Crippen LogP) is 2.99. The van der Waals surface area contributed by atoms with Crippen molar-refractivity contribution in [3.8, 4) is 0 Å². The molecule has 0 aromatic heterocycles. The highest BCUT2D eigenvalue weighted by molar-refractivity contribution is 5.56. The molecule has 13 heavy (non-hydrogen) atoms. The topological polar surface area (TPSA) is 38.0 Å². The summed E-state index contributed by atoms with van der Waals surface area (Å²) in [7, 11) is 0. The number of hydrogen-bond donors (Lipinski definition) is 2. The zero-order chi connectivity index (χ0) is 9.68. The van der Waals surface area contributed by atoms with E-state index in [4.69, 9.17) is 5.73 Å². The summed E-state index contributed by atoms with van der Waals surface area (Å²) in [6, 6.07) is 7.75. The van der Waals surface area contributed by atoms with Crippen LogP contribution < -0.4 is 11.1 Å². The third kappa shape index (κ3) is 3.20. The first-order valence-electron chi connectivity index (χ1n) is 4.51. The molecule has 2 nitrogen and oxygen atoms in total. The van der Waals surface area contributed by atoms with Crippen molar-refractivity contribution in [1.29, 1.82) is 0 Å². The summed E-state index contributed by atoms with van der Waals surface area (Å²) in [5.41, 5.74) is 8.64. The second kappa shape index (κ2) is 4.55. The maximum absolute atomic E-state index is 5.65. The Labute approximate surface area is 79.5 Å². The molecule has 1 aromatic carbocycles. The Balaban J connectivity index is 2.69. The van der Waals surface area contributed by atoms with Gasteiger partial charge >= 0.3 is 0 Å². The fraction of sp³-hybridized carbons (Fsp3) is 0.273. The van der Waals surface area contributed by atoms with Crippen LogP contribution in [-0.2, 0) is 0 Å². The Morgan fingerprint density at radius 1 is 1.54 bits per heavy atom. The van der Waals surface area contributed by atoms with Gasteiger partial charge in [-0.2, -0.15) is 0 Å². The van der Waals surface area contributed by atoms with E-state index in [1.165, 1.54) is 0 Å². The van der Waals surface area contributed by atoms with Gasteiger partial charge in [-0.1, -0.05) is 19.1 Å². The van der Waals surface area contributed by atoms with Crippen molar-refractivity contribution in [3.63, 3.8) is 0 Å². The highest BCUT2D eigenvalue weighted by Gasteiger charge is 1.92. The number of anilines is 2. The number of nitrogen functional groups attached to an aromatic ring is 1. The predicted molar refractivity (Wildman–Crippen MR) is 58.5 cm³/mol. The number of rotatable bonds is 3. The van der Waals surface area contributed by atoms with Crippen LogP contribution in [0.3, 0.4) is 0 Å². The molecular weight excluding hydrogens is 160 g/mol. The molecule has 3 N–H and O–H groups in total. The van der Waals surface area contributed by atoms with Crippen LogP contribution in [0.2, 0.25) is 0 Å². The lowest BCUT2D eigenvalue weighted by Crippen LogP contribution is -1.96. The average Bonchev–Trinajstić information content (AvgIpc) is 2.04. The van der Waals surface area contributed by atoms with Crippen molar-refractivity contribution in [2.45, 2.75) is 20.3 Å². The van der Waals surface area contributed by atoms with Gasteiger partial charge in [0.25, 0.3) is 0 Å². The van der Waals surface area contributed by atoms with Gasteiger partial charge in [-0.3, -0.25) is 0 Å². The number of hydrogen-bond acceptors (Lipinski definition) is 2. The van der Waals surface area contributed by atoms with E-state index in [0.29, 0.717) is 0 Å². The maximum Gasteiger partial charge on any atom is 0.0402 e. The minimum Gasteiger partial charge on any atom is -0.399 e. The van der Waals surface area contributed by atoms with Gasteiger partial charge in [0.2, 0.25) is 0 Å². The first-order chi connectivity index (χ1) is 6.22. The van der Waals surface area contributed by atoms with Crippen LogP contribution in [0.4, 0.5) is 11.4 Å². The minimum atomic E-state index is 0.786. The largest absolute Gasteiger partial charge is 0.399 e. The van der Waals surface area contributed by atoms with E-state index in [1.807, 2.05) is 31.2 Å². The van der Waals surface area contributed by atoms with Gasteiger partial charge in [0, 0.05) is 17.1 Å². The smallest absolute Gasteiger partial charge is 0.0402 e. The van der Waals surface area contributed by atoms with Crippen LogP contribution in [0.1, 0.15) is 20.3 Å². The van der Waals surface area contributed by atoms with Crippen LogP contribution in [0, 0.1) is 0 Å². The summed E-state index contributed by atoms with van der Waals surface area (Å²) in [6.07, 6.45) is 3.18. The maximum atomic E-state index is 5.65. The monoisotopic (exact) mass is 176 g/mol. The Hall–Kier alpha value is -1.44. The van der Waals surface area contributed by atoms with Gasteiger partial charge in [-0.15, -0.1) is 0 Å². The SMILES string of the molecule is CC/C=C(/C)Nc1cccc(N)c1. The number of allylic oxidation sites excluding steroid dienone is 2. The number of nitrogens with two attached hydrogens (primary N) is 1. The zero-order valence-electron chi connectivity index (χ0n) is 8.17. The summed E-state index contributed by atoms with van der Waals surface area (Å²) in [4.78, 5) is 0. The quantitative estimate of drug-likeness (QED) is 0.695. The molecule has 1 rings (SSSR count). The molecule has 0 amide bonds. The standard InChI is InChI=1S/C11H16N2/c1-3-5-9(2)13-11-7-4-6-10(12)8-11/h4-8,13H,3,12H2,1-2H3/b9-5-. The van der Waals surface area contributed by atoms with Crippen molar-refractivity contribution < 1.29 is 0 Å². The van der Waals surface area contributed by atoms with Gasteiger partial charge < -0.3 is 11.1 Å². The fourth-order valence-electron chi connectivity index (χ4n) is 1.20. The Kier molecular flexibility index (Phi) is 3.38. The molecule has 0 spiro atoms. The third-order valence-electron chi connectivity index (χ3n) is 1.74. The zero-order valence-corrected chi connectivity index (χ0v) is 8.17. The number of benzene rings is 1. The summed E-state index contributed by atoms with van der Waals surface area (Å²) in [5.74, 6) is 0. The lowest BCUT2D eigenvalue weighted by atomic mass is 10.2. The Morgan fingerprint density at radius 3 is 2.92 bits per heavy atom. The number of nitrogens with one attached hydrogen (secondary N) is 1. The van der Waals surface area contributed by atoms with Crippen molar-refractivity contribution >= 4 is 11.4 Å². The van der Waals surface area contributed by atoms with Crippen molar-refractivity contribution in [1.82, 2.24) is 0 Å². The average molecular weight is 176 g/mol. The van der Waals surface area contributed by atoms with Crippen LogP contribution >= 0.6 is 0 Å². The highest BCUT2D eigenvalue weighted by atomic mass is 14.9. The van der Waals surface area contributed by atoms with Gasteiger partial charge in [0.15, 0.2) is 0 Å². The van der Waals surface area contributed by atoms with Crippen LogP contribution in [-0.4, -0.2) is 0 Å². The van der Waals surface area contributed by atoms with E-state index in [1.54, 1.807) is 0 Å². The summed E-state index contributed by atoms with van der Waals surface area (Å²) >= 11 is 0. The van der Waals surface area contributed by atoms with Crippen molar-refractivity contribution in [2.75, 3.05) is 11.1 Å². The second-order valence-electron chi connectivity index (χ2n) is 3.05. The van der Waals surface area contributed by atoms with E-state index in [2.05, 4.69) is 18.3 Å². The molecule has 0 unspecified atom stereocenters. The molecule has 70 valence electrons. The molecule has 0 fully saturated rings. The summed E-state index contributed by atoms with van der Waals surface area (Å²) in [6.45, 7) is 4.16. The lowest BCUT2D eigenvalue weighted by molar-refractivity contribution is 1.18. The normalized spacial score (nSPS) is 11.4. The highest BCUT2D eigenvalue weighted by Crippen LogP contribution is 2.13. The van der Waals surface area contributed by atoms with E-state index >= 15 is 0 Å². The van der Waals surface area contributed by atoms with Crippen LogP contribution in [0.5, 0.6) is 0 Å². The van der Waals surface area contributed by atoms with Crippen LogP contribution in [0.15, 0.2) is 36.0 Å². The molecular formula is C11H16N2. The lowest BCUT2D eigenvalue weighted by Gasteiger charge is -2.06. The molecule has 0 saturated carbocycles. The Bertz CT molecular complexity index is 303. The minimum absolute atomic E-state index is 0.786. The molecule has 0 aliphatic carbocycles. The first-order valence-corrected chi connectivity index (χ1v) is 4.51. The molecule has 1 aromatic rings. The van der Waals surface area contributed by atoms with Gasteiger partial charge in [0.1, 0.15) is 0 Å². The molecule has 0 aliphatic heterocycles. The van der Waals surface area contributed by atoms with Gasteiger partial charge in [0.05, 0.1) is 0 Å². The third-order valence-corrected chi connectivity index (χ3v) is 1.74. The molecule has 2 heteroatoms. The molecule has 0 saturated heterocycles. The molecule has 0 atom stereocenters. The van der Waals surface area contributed by atoms with E-state index in [0.717, 1.165) is 23.5 Å². The fourth-order valence-corrected chi connectivity index (χ4v) is 1.20. The van der Waals surface area contributed by atoms with Gasteiger partial charge in [-0.05, 0) is 31.5 Å². The molecule has 0 heterocycles. The van der Waals surface area contributed by atoms with E-state index in [-0.39, 0.29) is 0 Å². The first kappa shape index (κ1) is 9.65. The Morgan fingerprint density at radius 2 is 2.31 bits per heavy atom. The second-order valence-corrected chi connectivity index (χ2v) is 3.05. The molecule has 0 bridgehead atoms.